The second-order valence-corrected chi connectivity index (χ2v) is 6.03. The van der Waals surface area contributed by atoms with E-state index in [1.54, 1.807) is 22.8 Å². The highest BCUT2D eigenvalue weighted by Crippen LogP contribution is 2.35. The zero-order valence-electron chi connectivity index (χ0n) is 13.1. The first-order chi connectivity index (χ1) is 11.6. The van der Waals surface area contributed by atoms with Crippen LogP contribution in [0, 0.1) is 0 Å². The Bertz CT molecular complexity index is 1000. The van der Waals surface area contributed by atoms with Crippen molar-refractivity contribution in [2.75, 3.05) is 0 Å². The Morgan fingerprint density at radius 3 is 2.96 bits per heavy atom. The van der Waals surface area contributed by atoms with Gasteiger partial charge in [-0.05, 0) is 37.1 Å². The highest BCUT2D eigenvalue weighted by Gasteiger charge is 2.29. The molecule has 0 saturated carbocycles. The van der Waals surface area contributed by atoms with Crippen LogP contribution in [-0.4, -0.2) is 15.6 Å². The molecule has 3 heterocycles. The first-order valence-electron chi connectivity index (χ1n) is 7.77. The molecule has 0 fully saturated rings. The summed E-state index contributed by atoms with van der Waals surface area (Å²) in [5.41, 5.74) is 1.04. The molecule has 0 radical (unpaired) electrons. The standard InChI is InChI=1S/C18H16N2O4/c1-10-8-11-4-2-6-13-15(11)20(10)18(23)14(16(13)21)17(22)19-9-12-5-3-7-24-12/h2-7,10,21H,8-9H2,1H3,(H,19,22)/t10-/m0/s1. The monoisotopic (exact) mass is 324 g/mol. The van der Waals surface area contributed by atoms with Gasteiger partial charge in [-0.2, -0.15) is 0 Å². The van der Waals surface area contributed by atoms with Crippen molar-refractivity contribution in [3.63, 3.8) is 0 Å². The number of rotatable bonds is 3. The third-order valence-electron chi connectivity index (χ3n) is 4.47. The van der Waals surface area contributed by atoms with Gasteiger partial charge >= 0.3 is 0 Å². The van der Waals surface area contributed by atoms with Crippen LogP contribution in [0.5, 0.6) is 5.75 Å². The molecule has 0 spiro atoms. The van der Waals surface area contributed by atoms with Crippen LogP contribution in [0.1, 0.15) is 34.6 Å². The summed E-state index contributed by atoms with van der Waals surface area (Å²) in [5.74, 6) is -0.299. The molecule has 122 valence electrons. The Labute approximate surface area is 137 Å². The summed E-state index contributed by atoms with van der Waals surface area (Å²) in [5, 5.41) is 13.7. The molecule has 0 aliphatic carbocycles. The Morgan fingerprint density at radius 2 is 2.21 bits per heavy atom. The highest BCUT2D eigenvalue weighted by atomic mass is 16.3. The second kappa shape index (κ2) is 5.26. The molecule has 1 aromatic carbocycles. The maximum Gasteiger partial charge on any atom is 0.267 e. The first kappa shape index (κ1) is 14.6. The van der Waals surface area contributed by atoms with Crippen LogP contribution in [0.3, 0.4) is 0 Å². The lowest BCUT2D eigenvalue weighted by atomic mass is 10.1. The van der Waals surface area contributed by atoms with E-state index in [9.17, 15) is 14.7 Å². The molecule has 24 heavy (non-hydrogen) atoms. The molecule has 4 rings (SSSR count). The third kappa shape index (κ3) is 2.03. The van der Waals surface area contributed by atoms with Crippen LogP contribution in [0.25, 0.3) is 10.9 Å². The van der Waals surface area contributed by atoms with Crippen LogP contribution in [0.15, 0.2) is 45.8 Å². The Kier molecular flexibility index (Phi) is 3.19. The molecule has 2 N–H and O–H groups in total. The van der Waals surface area contributed by atoms with Gasteiger partial charge in [0.25, 0.3) is 11.5 Å². The van der Waals surface area contributed by atoms with E-state index < -0.39 is 11.5 Å². The van der Waals surface area contributed by atoms with E-state index in [0.717, 1.165) is 11.1 Å². The van der Waals surface area contributed by atoms with E-state index in [1.807, 2.05) is 19.1 Å². The van der Waals surface area contributed by atoms with E-state index in [4.69, 9.17) is 4.42 Å². The van der Waals surface area contributed by atoms with E-state index in [1.165, 1.54) is 6.26 Å². The van der Waals surface area contributed by atoms with Crippen molar-refractivity contribution < 1.29 is 14.3 Å². The fraction of sp³-hybridized carbons (Fsp3) is 0.222. The number of nitrogens with zero attached hydrogens (tertiary/aromatic N) is 1. The quantitative estimate of drug-likeness (QED) is 0.774. The predicted molar refractivity (Wildman–Crippen MR) is 88.2 cm³/mol. The van der Waals surface area contributed by atoms with Crippen molar-refractivity contribution in [1.29, 1.82) is 0 Å². The zero-order valence-corrected chi connectivity index (χ0v) is 13.1. The van der Waals surface area contributed by atoms with Gasteiger partial charge in [-0.3, -0.25) is 9.59 Å². The number of carbonyl (C=O) groups is 1. The molecule has 1 aliphatic heterocycles. The minimum Gasteiger partial charge on any atom is -0.506 e. The topological polar surface area (TPSA) is 84.5 Å². The molecule has 6 heteroatoms. The van der Waals surface area contributed by atoms with Crippen molar-refractivity contribution in [3.8, 4) is 5.75 Å². The van der Waals surface area contributed by atoms with Crippen molar-refractivity contribution in [2.24, 2.45) is 0 Å². The van der Waals surface area contributed by atoms with Crippen molar-refractivity contribution in [1.82, 2.24) is 9.88 Å². The first-order valence-corrected chi connectivity index (χ1v) is 7.77. The maximum atomic E-state index is 12.8. The van der Waals surface area contributed by atoms with Gasteiger partial charge in [-0.25, -0.2) is 0 Å². The number of furan rings is 1. The number of amides is 1. The van der Waals surface area contributed by atoms with E-state index in [0.29, 0.717) is 17.6 Å². The van der Waals surface area contributed by atoms with Gasteiger partial charge < -0.3 is 19.4 Å². The number of carbonyl (C=O) groups excluding carboxylic acids is 1. The molecule has 2 aromatic heterocycles. The lowest BCUT2D eigenvalue weighted by Gasteiger charge is -2.13. The second-order valence-electron chi connectivity index (χ2n) is 6.03. The highest BCUT2D eigenvalue weighted by molar-refractivity contribution is 6.03. The summed E-state index contributed by atoms with van der Waals surface area (Å²) < 4.78 is 6.76. The molecule has 0 saturated heterocycles. The predicted octanol–water partition coefficient (Wildman–Crippen LogP) is 2.35. The van der Waals surface area contributed by atoms with Crippen LogP contribution in [0.2, 0.25) is 0 Å². The van der Waals surface area contributed by atoms with Gasteiger partial charge in [-0.1, -0.05) is 12.1 Å². The van der Waals surface area contributed by atoms with E-state index in [-0.39, 0.29) is 23.9 Å². The summed E-state index contributed by atoms with van der Waals surface area (Å²) >= 11 is 0. The number of nitrogens with one attached hydrogen (secondary N) is 1. The minimum atomic E-state index is -0.607. The largest absolute Gasteiger partial charge is 0.506 e. The SMILES string of the molecule is C[C@H]1Cc2cccc3c(O)c(C(=O)NCc4ccco4)c(=O)n1c23. The van der Waals surface area contributed by atoms with E-state index in [2.05, 4.69) is 5.32 Å². The molecule has 0 unspecified atom stereocenters. The third-order valence-corrected chi connectivity index (χ3v) is 4.47. The number of hydrogen-bond donors (Lipinski definition) is 2. The summed E-state index contributed by atoms with van der Waals surface area (Å²) in [6.45, 7) is 2.08. The molecule has 3 aromatic rings. The Hall–Kier alpha value is -3.02. The number of para-hydroxylation sites is 1. The number of aromatic hydroxyl groups is 1. The Balaban J connectivity index is 1.82. The van der Waals surface area contributed by atoms with Crippen molar-refractivity contribution in [2.45, 2.75) is 25.9 Å². The average Bonchev–Trinajstić information content (AvgIpc) is 3.18. The van der Waals surface area contributed by atoms with Gasteiger partial charge in [-0.15, -0.1) is 0 Å². The summed E-state index contributed by atoms with van der Waals surface area (Å²) in [6.07, 6.45) is 2.22. The molecular formula is C18H16N2O4. The zero-order chi connectivity index (χ0) is 16.8. The van der Waals surface area contributed by atoms with Crippen LogP contribution < -0.4 is 10.9 Å². The molecule has 6 nitrogen and oxygen atoms in total. The fourth-order valence-electron chi connectivity index (χ4n) is 3.39. The van der Waals surface area contributed by atoms with Gasteiger partial charge in [0.05, 0.1) is 18.3 Å². The van der Waals surface area contributed by atoms with Crippen LogP contribution in [-0.2, 0) is 13.0 Å². The van der Waals surface area contributed by atoms with E-state index >= 15 is 0 Å². The summed E-state index contributed by atoms with van der Waals surface area (Å²) in [6, 6.07) is 8.89. The number of pyridine rings is 1. The lowest BCUT2D eigenvalue weighted by molar-refractivity contribution is 0.0943. The molecule has 1 atom stereocenters. The molecular weight excluding hydrogens is 308 g/mol. The van der Waals surface area contributed by atoms with Gasteiger partial charge in [0.2, 0.25) is 0 Å². The van der Waals surface area contributed by atoms with Crippen molar-refractivity contribution in [3.05, 3.63) is 63.8 Å². The van der Waals surface area contributed by atoms with Gasteiger partial charge in [0, 0.05) is 11.4 Å². The smallest absolute Gasteiger partial charge is 0.267 e. The summed E-state index contributed by atoms with van der Waals surface area (Å²) in [7, 11) is 0. The number of benzene rings is 1. The van der Waals surface area contributed by atoms with Crippen LogP contribution >= 0.6 is 0 Å². The maximum absolute atomic E-state index is 12.8. The lowest BCUT2D eigenvalue weighted by Crippen LogP contribution is -2.33. The van der Waals surface area contributed by atoms with Gasteiger partial charge in [0.1, 0.15) is 17.1 Å². The Morgan fingerprint density at radius 1 is 1.38 bits per heavy atom. The normalized spacial score (nSPS) is 15.8. The average molecular weight is 324 g/mol. The molecule has 1 amide bonds. The molecule has 0 bridgehead atoms. The molecule has 1 aliphatic rings. The van der Waals surface area contributed by atoms with Crippen molar-refractivity contribution >= 4 is 16.8 Å². The van der Waals surface area contributed by atoms with Gasteiger partial charge in [0.15, 0.2) is 0 Å². The van der Waals surface area contributed by atoms with Crippen LogP contribution in [0.4, 0.5) is 0 Å². The summed E-state index contributed by atoms with van der Waals surface area (Å²) in [4.78, 5) is 25.3. The number of hydrogen-bond acceptors (Lipinski definition) is 4. The number of aromatic nitrogens is 1. The fourth-order valence-corrected chi connectivity index (χ4v) is 3.39. The minimum absolute atomic E-state index is 0.0466.